The van der Waals surface area contributed by atoms with Gasteiger partial charge in [0.1, 0.15) is 5.82 Å². The van der Waals surface area contributed by atoms with E-state index in [4.69, 9.17) is 0 Å². The molecule has 56 valence electrons. The molecular weight excluding hydrogens is 144 g/mol. The first-order valence-electron chi connectivity index (χ1n) is 3.13. The van der Waals surface area contributed by atoms with E-state index in [9.17, 15) is 0 Å². The Labute approximate surface area is 66.2 Å². The molecule has 0 spiro atoms. The predicted octanol–water partition coefficient (Wildman–Crippen LogP) is 1.50. The van der Waals surface area contributed by atoms with Gasteiger partial charge in [-0.3, -0.25) is 0 Å². The van der Waals surface area contributed by atoms with E-state index in [0.717, 1.165) is 11.7 Å². The second-order valence-electron chi connectivity index (χ2n) is 2.31. The molecule has 3 heteroatoms. The number of nitrogens with zero attached hydrogens (tertiary/aromatic N) is 2. The normalized spacial score (nSPS) is 19.6. The van der Waals surface area contributed by atoms with Crippen molar-refractivity contribution in [2.24, 2.45) is 0 Å². The first-order valence-corrected chi connectivity index (χ1v) is 4.18. The van der Waals surface area contributed by atoms with Gasteiger partial charge < -0.3 is 9.80 Å². The maximum absolute atomic E-state index is 3.92. The zero-order chi connectivity index (χ0) is 7.56. The smallest absolute Gasteiger partial charge is 0.101 e. The van der Waals surface area contributed by atoms with Gasteiger partial charge in [0, 0.05) is 20.3 Å². The molecule has 1 aliphatic rings. The third-order valence-corrected chi connectivity index (χ3v) is 2.35. The lowest BCUT2D eigenvalue weighted by Crippen LogP contribution is -2.24. The summed E-state index contributed by atoms with van der Waals surface area (Å²) >= 11 is 1.77. The second-order valence-corrected chi connectivity index (χ2v) is 3.17. The van der Waals surface area contributed by atoms with Crippen LogP contribution in [0.1, 0.15) is 0 Å². The van der Waals surface area contributed by atoms with Crippen molar-refractivity contribution in [1.29, 1.82) is 0 Å². The summed E-state index contributed by atoms with van der Waals surface area (Å²) in [6.07, 6.45) is 2.02. The molecule has 0 unspecified atom stereocenters. The Balaban J connectivity index is 2.67. The third-order valence-electron chi connectivity index (χ3n) is 1.50. The summed E-state index contributed by atoms with van der Waals surface area (Å²) in [4.78, 5) is 4.13. The SMILES string of the molecule is C=C1N(C)C=CSCN1C. The molecule has 0 aliphatic carbocycles. The topological polar surface area (TPSA) is 6.48 Å². The standard InChI is InChI=1S/C7H12N2S/c1-7-8(2)4-5-10-6-9(7)3/h4-5H,1,6H2,2-3H3. The number of hydrogen-bond acceptors (Lipinski definition) is 3. The molecule has 1 aliphatic heterocycles. The van der Waals surface area contributed by atoms with E-state index in [1.54, 1.807) is 11.8 Å². The largest absolute Gasteiger partial charge is 0.352 e. The van der Waals surface area contributed by atoms with E-state index in [2.05, 4.69) is 16.9 Å². The van der Waals surface area contributed by atoms with E-state index in [0.29, 0.717) is 0 Å². The maximum Gasteiger partial charge on any atom is 0.101 e. The minimum absolute atomic E-state index is 0.986. The molecule has 0 aromatic carbocycles. The zero-order valence-electron chi connectivity index (χ0n) is 6.37. The van der Waals surface area contributed by atoms with Crippen LogP contribution in [0.4, 0.5) is 0 Å². The summed E-state index contributed by atoms with van der Waals surface area (Å²) in [6, 6.07) is 0. The molecule has 0 radical (unpaired) electrons. The molecule has 1 rings (SSSR count). The molecule has 0 saturated heterocycles. The van der Waals surface area contributed by atoms with Crippen LogP contribution in [-0.2, 0) is 0 Å². The van der Waals surface area contributed by atoms with Crippen molar-refractivity contribution in [1.82, 2.24) is 9.80 Å². The van der Waals surface area contributed by atoms with Crippen LogP contribution in [0.3, 0.4) is 0 Å². The first kappa shape index (κ1) is 7.54. The van der Waals surface area contributed by atoms with Crippen LogP contribution in [-0.4, -0.2) is 29.8 Å². The summed E-state index contributed by atoms with van der Waals surface area (Å²) in [6.45, 7) is 3.92. The zero-order valence-corrected chi connectivity index (χ0v) is 7.19. The predicted molar refractivity (Wildman–Crippen MR) is 46.3 cm³/mol. The van der Waals surface area contributed by atoms with Crippen molar-refractivity contribution in [2.75, 3.05) is 20.0 Å². The lowest BCUT2D eigenvalue weighted by atomic mass is 10.6. The van der Waals surface area contributed by atoms with Crippen molar-refractivity contribution >= 4 is 11.8 Å². The fourth-order valence-corrected chi connectivity index (χ4v) is 1.45. The summed E-state index contributed by atoms with van der Waals surface area (Å²) < 4.78 is 0. The van der Waals surface area contributed by atoms with Gasteiger partial charge >= 0.3 is 0 Å². The summed E-state index contributed by atoms with van der Waals surface area (Å²) in [7, 11) is 4.04. The highest BCUT2D eigenvalue weighted by Gasteiger charge is 2.06. The Morgan fingerprint density at radius 2 is 2.30 bits per heavy atom. The van der Waals surface area contributed by atoms with Gasteiger partial charge in [0.25, 0.3) is 0 Å². The Kier molecular flexibility index (Phi) is 2.27. The Morgan fingerprint density at radius 1 is 1.60 bits per heavy atom. The monoisotopic (exact) mass is 156 g/mol. The van der Waals surface area contributed by atoms with Crippen molar-refractivity contribution in [3.05, 3.63) is 24.0 Å². The number of hydrogen-bond donors (Lipinski definition) is 0. The quantitative estimate of drug-likeness (QED) is 0.525. The highest BCUT2D eigenvalue weighted by atomic mass is 32.2. The number of rotatable bonds is 0. The third kappa shape index (κ3) is 1.48. The minimum atomic E-state index is 0.986. The molecule has 2 nitrogen and oxygen atoms in total. The molecule has 0 bridgehead atoms. The minimum Gasteiger partial charge on any atom is -0.352 e. The van der Waals surface area contributed by atoms with E-state index < -0.39 is 0 Å². The van der Waals surface area contributed by atoms with Gasteiger partial charge in [-0.1, -0.05) is 6.58 Å². The molecule has 0 N–H and O–H groups in total. The number of thioether (sulfide) groups is 1. The molecule has 0 aromatic heterocycles. The first-order chi connectivity index (χ1) is 4.72. The van der Waals surface area contributed by atoms with E-state index in [-0.39, 0.29) is 0 Å². The van der Waals surface area contributed by atoms with Crippen LogP contribution < -0.4 is 0 Å². The van der Waals surface area contributed by atoms with Crippen LogP contribution in [0.5, 0.6) is 0 Å². The molecule has 0 amide bonds. The Hall–Kier alpha value is -0.570. The Morgan fingerprint density at radius 3 is 3.00 bits per heavy atom. The molecule has 0 atom stereocenters. The maximum atomic E-state index is 3.92. The molecular formula is C7H12N2S. The average Bonchev–Trinajstić information content (AvgIpc) is 2.04. The summed E-state index contributed by atoms with van der Waals surface area (Å²) in [5.41, 5.74) is 0. The fraction of sp³-hybridized carbons (Fsp3) is 0.429. The van der Waals surface area contributed by atoms with Gasteiger partial charge in [-0.25, -0.2) is 0 Å². The van der Waals surface area contributed by atoms with E-state index in [1.807, 2.05) is 25.2 Å². The lowest BCUT2D eigenvalue weighted by molar-refractivity contribution is 0.363. The van der Waals surface area contributed by atoms with Crippen molar-refractivity contribution in [3.63, 3.8) is 0 Å². The molecule has 0 saturated carbocycles. The summed E-state index contributed by atoms with van der Waals surface area (Å²) in [5.74, 6) is 2.03. The molecule has 0 fully saturated rings. The average molecular weight is 156 g/mol. The van der Waals surface area contributed by atoms with Crippen molar-refractivity contribution in [2.45, 2.75) is 0 Å². The van der Waals surface area contributed by atoms with Gasteiger partial charge in [0.15, 0.2) is 0 Å². The van der Waals surface area contributed by atoms with Gasteiger partial charge in [-0.2, -0.15) is 0 Å². The van der Waals surface area contributed by atoms with Crippen LogP contribution in [0.2, 0.25) is 0 Å². The van der Waals surface area contributed by atoms with Crippen LogP contribution >= 0.6 is 11.8 Å². The van der Waals surface area contributed by atoms with Gasteiger partial charge in [0.2, 0.25) is 0 Å². The Bertz CT molecular complexity index is 165. The van der Waals surface area contributed by atoms with Crippen molar-refractivity contribution in [3.8, 4) is 0 Å². The fourth-order valence-electron chi connectivity index (χ4n) is 0.719. The molecule has 0 aromatic rings. The molecule has 10 heavy (non-hydrogen) atoms. The van der Waals surface area contributed by atoms with E-state index >= 15 is 0 Å². The lowest BCUT2D eigenvalue weighted by Gasteiger charge is -2.24. The van der Waals surface area contributed by atoms with Gasteiger partial charge in [-0.15, -0.1) is 11.8 Å². The van der Waals surface area contributed by atoms with E-state index in [1.165, 1.54) is 0 Å². The van der Waals surface area contributed by atoms with Crippen LogP contribution in [0.15, 0.2) is 24.0 Å². The van der Waals surface area contributed by atoms with Crippen LogP contribution in [0, 0.1) is 0 Å². The summed E-state index contributed by atoms with van der Waals surface area (Å²) in [5, 5.41) is 2.08. The second kappa shape index (κ2) is 3.01. The van der Waals surface area contributed by atoms with Gasteiger partial charge in [-0.05, 0) is 5.41 Å². The molecule has 1 heterocycles. The van der Waals surface area contributed by atoms with Gasteiger partial charge in [0.05, 0.1) is 5.88 Å². The van der Waals surface area contributed by atoms with Crippen LogP contribution in [0.25, 0.3) is 0 Å². The van der Waals surface area contributed by atoms with Crippen molar-refractivity contribution < 1.29 is 0 Å². The highest BCUT2D eigenvalue weighted by molar-refractivity contribution is 8.02. The highest BCUT2D eigenvalue weighted by Crippen LogP contribution is 2.15.